The van der Waals surface area contributed by atoms with Gasteiger partial charge in [-0.3, -0.25) is 9.59 Å². The van der Waals surface area contributed by atoms with Crippen LogP contribution in [0.5, 0.6) is 0 Å². The van der Waals surface area contributed by atoms with Crippen molar-refractivity contribution in [3.05, 3.63) is 12.2 Å². The Bertz CT molecular complexity index is 194. The maximum absolute atomic E-state index is 10.6. The summed E-state index contributed by atoms with van der Waals surface area (Å²) in [5.41, 5.74) is 0. The number of rotatable bonds is 0. The molecule has 3 heteroatoms. The van der Waals surface area contributed by atoms with Crippen molar-refractivity contribution >= 4 is 11.9 Å². The van der Waals surface area contributed by atoms with Gasteiger partial charge in [0.2, 0.25) is 0 Å². The second-order valence-corrected chi connectivity index (χ2v) is 2.18. The van der Waals surface area contributed by atoms with Crippen molar-refractivity contribution in [2.75, 3.05) is 0 Å². The van der Waals surface area contributed by atoms with Gasteiger partial charge in [0.25, 0.3) is 0 Å². The molecule has 46 valence electrons. The van der Waals surface area contributed by atoms with Gasteiger partial charge >= 0.3 is 11.9 Å². The zero-order chi connectivity index (χ0) is 6.43. The van der Waals surface area contributed by atoms with Crippen molar-refractivity contribution < 1.29 is 14.3 Å². The van der Waals surface area contributed by atoms with Gasteiger partial charge in [-0.1, -0.05) is 12.2 Å². The Morgan fingerprint density at radius 1 is 1.11 bits per heavy atom. The minimum absolute atomic E-state index is 0.252. The number of fused-ring (bicyclic) bond motifs is 1. The second kappa shape index (κ2) is 1.23. The van der Waals surface area contributed by atoms with Crippen LogP contribution >= 0.6 is 0 Å². The summed E-state index contributed by atoms with van der Waals surface area (Å²) < 4.78 is 4.31. The number of hydrogen-bond acceptors (Lipinski definition) is 3. The summed E-state index contributed by atoms with van der Waals surface area (Å²) in [7, 11) is 0. The van der Waals surface area contributed by atoms with Crippen LogP contribution in [0.3, 0.4) is 0 Å². The van der Waals surface area contributed by atoms with E-state index in [2.05, 4.69) is 4.74 Å². The van der Waals surface area contributed by atoms with Gasteiger partial charge in [-0.2, -0.15) is 0 Å². The van der Waals surface area contributed by atoms with E-state index in [0.29, 0.717) is 0 Å². The largest absolute Gasteiger partial charge is 0.392 e. The molecule has 9 heavy (non-hydrogen) atoms. The van der Waals surface area contributed by atoms with E-state index in [0.717, 1.165) is 0 Å². The molecule has 0 aromatic heterocycles. The third-order valence-electron chi connectivity index (χ3n) is 1.66. The van der Waals surface area contributed by atoms with E-state index in [-0.39, 0.29) is 11.8 Å². The van der Waals surface area contributed by atoms with Gasteiger partial charge in [0.05, 0.1) is 11.8 Å². The third kappa shape index (κ3) is 0.415. The maximum atomic E-state index is 10.6. The highest BCUT2D eigenvalue weighted by Gasteiger charge is 2.45. The highest BCUT2D eigenvalue weighted by Crippen LogP contribution is 2.33. The normalized spacial score (nSPS) is 37.8. The molecule has 1 aliphatic carbocycles. The first kappa shape index (κ1) is 4.73. The third-order valence-corrected chi connectivity index (χ3v) is 1.66. The molecular weight excluding hydrogens is 120 g/mol. The zero-order valence-electron chi connectivity index (χ0n) is 4.53. The number of esters is 2. The predicted molar refractivity (Wildman–Crippen MR) is 27.2 cm³/mol. The lowest BCUT2D eigenvalue weighted by Gasteiger charge is -2.12. The number of cyclic esters (lactones) is 2. The molecule has 3 nitrogen and oxygen atoms in total. The van der Waals surface area contributed by atoms with Crippen molar-refractivity contribution in [1.29, 1.82) is 0 Å². The molecule has 2 unspecified atom stereocenters. The van der Waals surface area contributed by atoms with Crippen LogP contribution in [0.1, 0.15) is 0 Å². The second-order valence-electron chi connectivity index (χ2n) is 2.18. The van der Waals surface area contributed by atoms with Gasteiger partial charge < -0.3 is 4.74 Å². The first-order valence-corrected chi connectivity index (χ1v) is 2.73. The quantitative estimate of drug-likeness (QED) is 0.257. The van der Waals surface area contributed by atoms with E-state index in [9.17, 15) is 9.59 Å². The molecule has 0 aromatic carbocycles. The van der Waals surface area contributed by atoms with E-state index in [4.69, 9.17) is 0 Å². The van der Waals surface area contributed by atoms with Gasteiger partial charge in [-0.05, 0) is 0 Å². The molecule has 1 heterocycles. The molecule has 1 saturated heterocycles. The minimum atomic E-state index is -0.396. The van der Waals surface area contributed by atoms with Crippen LogP contribution in [0.15, 0.2) is 12.2 Å². The molecule has 2 atom stereocenters. The standard InChI is InChI=1S/C6H4O3/c7-5-3-1-2-4(3)6(8)9-5/h1-4H. The summed E-state index contributed by atoms with van der Waals surface area (Å²) in [6.07, 6.45) is 3.38. The fraction of sp³-hybridized carbons (Fsp3) is 0.333. The summed E-state index contributed by atoms with van der Waals surface area (Å²) in [6, 6.07) is 0. The zero-order valence-corrected chi connectivity index (χ0v) is 4.53. The molecule has 1 fully saturated rings. The van der Waals surface area contributed by atoms with Crippen molar-refractivity contribution in [2.45, 2.75) is 0 Å². The first-order valence-electron chi connectivity index (χ1n) is 2.73. The molecule has 0 bridgehead atoms. The number of carbonyl (C=O) groups excluding carboxylic acids is 2. The fourth-order valence-corrected chi connectivity index (χ4v) is 1.02. The lowest BCUT2D eigenvalue weighted by Crippen LogP contribution is -2.20. The summed E-state index contributed by atoms with van der Waals surface area (Å²) >= 11 is 0. The Morgan fingerprint density at radius 2 is 1.56 bits per heavy atom. The Balaban J connectivity index is 2.37. The van der Waals surface area contributed by atoms with Gasteiger partial charge in [0.15, 0.2) is 0 Å². The lowest BCUT2D eigenvalue weighted by atomic mass is 9.85. The highest BCUT2D eigenvalue weighted by atomic mass is 16.6. The molecule has 0 spiro atoms. The SMILES string of the molecule is O=C1OC(=O)C2C=CC12. The Labute approximate surface area is 51.3 Å². The van der Waals surface area contributed by atoms with Crippen LogP contribution in [-0.4, -0.2) is 11.9 Å². The summed E-state index contributed by atoms with van der Waals surface area (Å²) in [5, 5.41) is 0. The smallest absolute Gasteiger partial charge is 0.321 e. The number of hydrogen-bond donors (Lipinski definition) is 0. The van der Waals surface area contributed by atoms with Crippen LogP contribution < -0.4 is 0 Å². The fourth-order valence-electron chi connectivity index (χ4n) is 1.02. The molecule has 2 aliphatic rings. The predicted octanol–water partition coefficient (Wildman–Crippen LogP) is -0.128. The molecule has 1 aliphatic heterocycles. The lowest BCUT2D eigenvalue weighted by molar-refractivity contribution is -0.153. The number of carbonyl (C=O) groups is 2. The van der Waals surface area contributed by atoms with Crippen LogP contribution in [-0.2, 0) is 14.3 Å². The molecular formula is C6H4O3. The molecule has 0 N–H and O–H groups in total. The van der Waals surface area contributed by atoms with Gasteiger partial charge in [-0.25, -0.2) is 0 Å². The van der Waals surface area contributed by atoms with Crippen molar-refractivity contribution in [2.24, 2.45) is 11.8 Å². The molecule has 0 saturated carbocycles. The van der Waals surface area contributed by atoms with Crippen molar-refractivity contribution in [3.8, 4) is 0 Å². The molecule has 2 rings (SSSR count). The van der Waals surface area contributed by atoms with Crippen LogP contribution in [0.25, 0.3) is 0 Å². The van der Waals surface area contributed by atoms with E-state index < -0.39 is 11.9 Å². The van der Waals surface area contributed by atoms with Gasteiger partial charge in [0.1, 0.15) is 0 Å². The van der Waals surface area contributed by atoms with E-state index in [1.165, 1.54) is 0 Å². The maximum Gasteiger partial charge on any atom is 0.321 e. The Hall–Kier alpha value is -1.12. The highest BCUT2D eigenvalue weighted by molar-refractivity contribution is 6.00. The van der Waals surface area contributed by atoms with Crippen LogP contribution in [0.4, 0.5) is 0 Å². The molecule has 0 amide bonds. The van der Waals surface area contributed by atoms with Crippen LogP contribution in [0, 0.1) is 11.8 Å². The van der Waals surface area contributed by atoms with Gasteiger partial charge in [-0.15, -0.1) is 0 Å². The Kier molecular flexibility index (Phi) is 0.649. The average Bonchev–Trinajstić information content (AvgIpc) is 1.73. The van der Waals surface area contributed by atoms with E-state index in [1.807, 2.05) is 0 Å². The topological polar surface area (TPSA) is 43.4 Å². The monoisotopic (exact) mass is 124 g/mol. The van der Waals surface area contributed by atoms with E-state index >= 15 is 0 Å². The number of ether oxygens (including phenoxy) is 1. The van der Waals surface area contributed by atoms with Gasteiger partial charge in [0, 0.05) is 0 Å². The Morgan fingerprint density at radius 3 is 1.78 bits per heavy atom. The average molecular weight is 124 g/mol. The summed E-state index contributed by atoms with van der Waals surface area (Å²) in [6.45, 7) is 0. The van der Waals surface area contributed by atoms with Crippen molar-refractivity contribution in [1.82, 2.24) is 0 Å². The molecule has 0 aromatic rings. The van der Waals surface area contributed by atoms with Crippen LogP contribution in [0.2, 0.25) is 0 Å². The molecule has 0 radical (unpaired) electrons. The summed E-state index contributed by atoms with van der Waals surface area (Å²) in [4.78, 5) is 21.1. The summed E-state index contributed by atoms with van der Waals surface area (Å²) in [5.74, 6) is -1.30. The first-order chi connectivity index (χ1) is 4.29. The van der Waals surface area contributed by atoms with E-state index in [1.54, 1.807) is 12.2 Å². The van der Waals surface area contributed by atoms with Crippen molar-refractivity contribution in [3.63, 3.8) is 0 Å². The minimum Gasteiger partial charge on any atom is -0.392 e.